The fourth-order valence-corrected chi connectivity index (χ4v) is 4.42. The molecule has 3 rings (SSSR count). The van der Waals surface area contributed by atoms with E-state index in [-0.39, 0.29) is 36.4 Å². The van der Waals surface area contributed by atoms with E-state index in [1.807, 2.05) is 0 Å². The molecular weight excluding hydrogens is 452 g/mol. The molecular formula is C25H32N4O6. The van der Waals surface area contributed by atoms with Crippen LogP contribution in [0.3, 0.4) is 0 Å². The van der Waals surface area contributed by atoms with Gasteiger partial charge in [-0.15, -0.1) is 0 Å². The van der Waals surface area contributed by atoms with Gasteiger partial charge < -0.3 is 15.4 Å². The molecule has 2 heterocycles. The molecule has 0 aliphatic carbocycles. The summed E-state index contributed by atoms with van der Waals surface area (Å²) < 4.78 is 0. The number of rotatable bonds is 14. The van der Waals surface area contributed by atoms with E-state index in [4.69, 9.17) is 0 Å². The number of piperidine rings is 1. The molecule has 0 saturated carbocycles. The summed E-state index contributed by atoms with van der Waals surface area (Å²) in [6, 6.07) is 4.07. The van der Waals surface area contributed by atoms with Gasteiger partial charge in [0.15, 0.2) is 0 Å². The molecule has 2 aliphatic heterocycles. The average molecular weight is 485 g/mol. The summed E-state index contributed by atoms with van der Waals surface area (Å²) in [5.41, 5.74) is 1.12. The van der Waals surface area contributed by atoms with Crippen LogP contribution in [0, 0.1) is 0 Å². The second kappa shape index (κ2) is 12.8. The summed E-state index contributed by atoms with van der Waals surface area (Å²) in [6.45, 7) is 0.717. The molecule has 188 valence electrons. The van der Waals surface area contributed by atoms with Gasteiger partial charge in [-0.05, 0) is 31.4 Å². The maximum absolute atomic E-state index is 13.1. The quantitative estimate of drug-likeness (QED) is 0.208. The van der Waals surface area contributed by atoms with Crippen molar-refractivity contribution < 1.29 is 28.8 Å². The molecule has 1 unspecified atom stereocenters. The Bertz CT molecular complexity index is 992. The number of hydrogen-bond acceptors (Lipinski definition) is 7. The summed E-state index contributed by atoms with van der Waals surface area (Å²) in [7, 11) is 0. The summed E-state index contributed by atoms with van der Waals surface area (Å²) in [5, 5.41) is 7.98. The second-order valence-corrected chi connectivity index (χ2v) is 8.80. The van der Waals surface area contributed by atoms with Crippen molar-refractivity contribution in [3.05, 3.63) is 29.3 Å². The van der Waals surface area contributed by atoms with Gasteiger partial charge in [-0.1, -0.05) is 38.2 Å². The smallest absolute Gasteiger partial charge is 0.264 e. The fourth-order valence-electron chi connectivity index (χ4n) is 4.42. The Morgan fingerprint density at radius 2 is 1.71 bits per heavy atom. The van der Waals surface area contributed by atoms with Crippen molar-refractivity contribution in [2.75, 3.05) is 18.4 Å². The molecule has 0 spiro atoms. The molecule has 1 aromatic carbocycles. The van der Waals surface area contributed by atoms with Gasteiger partial charge in [0.2, 0.25) is 17.7 Å². The van der Waals surface area contributed by atoms with Crippen molar-refractivity contribution in [3.63, 3.8) is 0 Å². The maximum atomic E-state index is 13.1. The molecule has 1 aromatic rings. The van der Waals surface area contributed by atoms with Gasteiger partial charge in [-0.25, -0.2) is 0 Å². The van der Waals surface area contributed by atoms with E-state index in [1.165, 1.54) is 0 Å². The van der Waals surface area contributed by atoms with Crippen LogP contribution in [0.2, 0.25) is 0 Å². The lowest BCUT2D eigenvalue weighted by atomic mass is 10.0. The number of benzene rings is 1. The third-order valence-corrected chi connectivity index (χ3v) is 6.25. The van der Waals surface area contributed by atoms with Crippen molar-refractivity contribution in [2.24, 2.45) is 0 Å². The Labute approximate surface area is 204 Å². The average Bonchev–Trinajstić information content (AvgIpc) is 3.09. The van der Waals surface area contributed by atoms with E-state index in [1.54, 1.807) is 18.2 Å². The molecule has 0 bridgehead atoms. The molecule has 0 aromatic heterocycles. The summed E-state index contributed by atoms with van der Waals surface area (Å²) >= 11 is 0. The number of carbonyl (C=O) groups is 6. The number of amides is 5. The van der Waals surface area contributed by atoms with Crippen LogP contribution in [0.5, 0.6) is 0 Å². The second-order valence-electron chi connectivity index (χ2n) is 8.80. The van der Waals surface area contributed by atoms with Gasteiger partial charge in [0, 0.05) is 25.1 Å². The normalized spacial score (nSPS) is 17.3. The number of nitrogens with zero attached hydrogens (tertiary/aromatic N) is 1. The molecule has 1 atom stereocenters. The molecule has 35 heavy (non-hydrogen) atoms. The van der Waals surface area contributed by atoms with Crippen LogP contribution >= 0.6 is 0 Å². The highest BCUT2D eigenvalue weighted by molar-refractivity contribution is 6.25. The Balaban J connectivity index is 1.39. The van der Waals surface area contributed by atoms with Gasteiger partial charge in [-0.2, -0.15) is 0 Å². The molecule has 10 nitrogen and oxygen atoms in total. The van der Waals surface area contributed by atoms with Gasteiger partial charge >= 0.3 is 0 Å². The number of fused-ring (bicyclic) bond motifs is 1. The Morgan fingerprint density at radius 1 is 1.00 bits per heavy atom. The number of anilines is 1. The van der Waals surface area contributed by atoms with E-state index in [0.717, 1.165) is 49.8 Å². The third kappa shape index (κ3) is 6.74. The molecule has 1 saturated heterocycles. The lowest BCUT2D eigenvalue weighted by Gasteiger charge is -2.27. The van der Waals surface area contributed by atoms with Crippen molar-refractivity contribution in [3.8, 4) is 0 Å². The molecule has 0 radical (unpaired) electrons. The minimum Gasteiger partial charge on any atom is -0.384 e. The van der Waals surface area contributed by atoms with Crippen LogP contribution < -0.4 is 16.0 Å². The van der Waals surface area contributed by atoms with E-state index in [2.05, 4.69) is 16.0 Å². The molecule has 1 fully saturated rings. The van der Waals surface area contributed by atoms with Crippen LogP contribution in [-0.4, -0.2) is 59.9 Å². The Morgan fingerprint density at radius 3 is 2.43 bits per heavy atom. The first-order valence-corrected chi connectivity index (χ1v) is 12.2. The maximum Gasteiger partial charge on any atom is 0.264 e. The Kier molecular flexibility index (Phi) is 9.51. The van der Waals surface area contributed by atoms with Crippen LogP contribution in [0.25, 0.3) is 0 Å². The lowest BCUT2D eigenvalue weighted by molar-refractivity contribution is -0.136. The number of aldehydes is 1. The predicted molar refractivity (Wildman–Crippen MR) is 128 cm³/mol. The minimum absolute atomic E-state index is 0.0707. The third-order valence-electron chi connectivity index (χ3n) is 6.25. The standard InChI is InChI=1S/C25H32N4O6/c30-16-15-27-20(31)11-6-4-2-1-3-5-7-14-26-18-10-8-9-17-22(18)25(35)29(24(17)34)19-12-13-21(32)28-23(19)33/h8-10,16,19,26H,1-7,11-15H2,(H,27,31)(H,28,32,33). The van der Waals surface area contributed by atoms with Gasteiger partial charge in [0.1, 0.15) is 12.3 Å². The first-order valence-electron chi connectivity index (χ1n) is 12.2. The van der Waals surface area contributed by atoms with Crippen molar-refractivity contribution in [1.82, 2.24) is 15.5 Å². The molecule has 5 amide bonds. The fraction of sp³-hybridized carbons (Fsp3) is 0.520. The number of unbranched alkanes of at least 4 members (excludes halogenated alkanes) is 6. The SMILES string of the molecule is O=CCNC(=O)CCCCCCCCCNc1cccc2c1C(=O)N(C1CCC(=O)NC1=O)C2=O. The zero-order chi connectivity index (χ0) is 25.2. The van der Waals surface area contributed by atoms with Crippen LogP contribution in [0.15, 0.2) is 18.2 Å². The van der Waals surface area contributed by atoms with Crippen molar-refractivity contribution >= 4 is 41.5 Å². The minimum atomic E-state index is -0.973. The zero-order valence-corrected chi connectivity index (χ0v) is 19.8. The first kappa shape index (κ1) is 26.1. The molecule has 10 heteroatoms. The largest absolute Gasteiger partial charge is 0.384 e. The number of imide groups is 2. The highest BCUT2D eigenvalue weighted by Gasteiger charge is 2.45. The van der Waals surface area contributed by atoms with Crippen LogP contribution in [-0.2, 0) is 19.2 Å². The predicted octanol–water partition coefficient (Wildman–Crippen LogP) is 1.94. The summed E-state index contributed by atoms with van der Waals surface area (Å²) in [6.07, 6.45) is 8.22. The summed E-state index contributed by atoms with van der Waals surface area (Å²) in [5.74, 6) is -2.13. The van der Waals surface area contributed by atoms with Gasteiger partial charge in [0.25, 0.3) is 11.8 Å². The van der Waals surface area contributed by atoms with Crippen LogP contribution in [0.1, 0.15) is 84.9 Å². The summed E-state index contributed by atoms with van der Waals surface area (Å²) in [4.78, 5) is 72.2. The van der Waals surface area contributed by atoms with Gasteiger partial charge in [-0.3, -0.25) is 34.2 Å². The monoisotopic (exact) mass is 484 g/mol. The van der Waals surface area contributed by atoms with Gasteiger partial charge in [0.05, 0.1) is 17.7 Å². The molecule has 2 aliphatic rings. The lowest BCUT2D eigenvalue weighted by Crippen LogP contribution is -2.54. The highest BCUT2D eigenvalue weighted by atomic mass is 16.2. The van der Waals surface area contributed by atoms with E-state index < -0.39 is 29.7 Å². The number of carbonyl (C=O) groups excluding carboxylic acids is 6. The zero-order valence-electron chi connectivity index (χ0n) is 19.8. The van der Waals surface area contributed by atoms with Crippen molar-refractivity contribution in [2.45, 2.75) is 70.3 Å². The topological polar surface area (TPSA) is 142 Å². The van der Waals surface area contributed by atoms with Crippen LogP contribution in [0.4, 0.5) is 5.69 Å². The first-order chi connectivity index (χ1) is 16.9. The molecule has 3 N–H and O–H groups in total. The van der Waals surface area contributed by atoms with E-state index in [0.29, 0.717) is 24.9 Å². The number of hydrogen-bond donors (Lipinski definition) is 3. The number of nitrogens with one attached hydrogen (secondary N) is 3. The van der Waals surface area contributed by atoms with E-state index in [9.17, 15) is 28.8 Å². The van der Waals surface area contributed by atoms with E-state index >= 15 is 0 Å². The Hall–Kier alpha value is -3.56. The highest BCUT2D eigenvalue weighted by Crippen LogP contribution is 2.32. The van der Waals surface area contributed by atoms with Crippen molar-refractivity contribution in [1.29, 1.82) is 0 Å².